The molecular formula is C28H49N5O6. The number of aliphatic hydroxyl groups is 1. The molecule has 0 bridgehead atoms. The first-order valence-corrected chi connectivity index (χ1v) is 14.5. The Labute approximate surface area is 233 Å². The van der Waals surface area contributed by atoms with Crippen molar-refractivity contribution in [2.75, 3.05) is 52.4 Å². The number of amides is 5. The molecule has 11 nitrogen and oxygen atoms in total. The smallest absolute Gasteiger partial charge is 0.242 e. The number of aliphatic hydroxyl groups excluding tert-OH is 1. The number of piperazine rings is 1. The molecule has 0 aromatic heterocycles. The van der Waals surface area contributed by atoms with E-state index in [0.717, 1.165) is 38.5 Å². The van der Waals surface area contributed by atoms with Gasteiger partial charge in [-0.25, -0.2) is 0 Å². The summed E-state index contributed by atoms with van der Waals surface area (Å²) in [5, 5.41) is 15.0. The Hall–Kier alpha value is -2.69. The zero-order valence-electron chi connectivity index (χ0n) is 24.1. The van der Waals surface area contributed by atoms with E-state index < -0.39 is 6.10 Å². The highest BCUT2D eigenvalue weighted by atomic mass is 16.3. The molecule has 222 valence electrons. The zero-order valence-corrected chi connectivity index (χ0v) is 24.1. The molecule has 0 unspecified atom stereocenters. The lowest BCUT2D eigenvalue weighted by Gasteiger charge is -2.36. The summed E-state index contributed by atoms with van der Waals surface area (Å²) < 4.78 is 0. The lowest BCUT2D eigenvalue weighted by molar-refractivity contribution is -0.142. The molecule has 39 heavy (non-hydrogen) atoms. The molecule has 0 spiro atoms. The Kier molecular flexibility index (Phi) is 13.7. The summed E-state index contributed by atoms with van der Waals surface area (Å²) in [5.74, 6) is -0.632. The highest BCUT2D eigenvalue weighted by Crippen LogP contribution is 2.20. The first kappa shape index (κ1) is 32.5. The van der Waals surface area contributed by atoms with Crippen molar-refractivity contribution in [3.63, 3.8) is 0 Å². The minimum atomic E-state index is -0.458. The molecule has 2 heterocycles. The van der Waals surface area contributed by atoms with Crippen molar-refractivity contribution in [2.45, 2.75) is 91.1 Å². The number of rotatable bonds is 14. The molecule has 2 rings (SSSR count). The SMILES string of the molecule is CC(C)(C)CC(=O)N1CCN(C(=O)CC(=O)NCCCCCCCCC(=O)NCC(=O)N2CC[C@@H](O)C2)CC1. The van der Waals surface area contributed by atoms with Crippen LogP contribution in [0.15, 0.2) is 0 Å². The van der Waals surface area contributed by atoms with Crippen LogP contribution in [0.4, 0.5) is 0 Å². The second-order valence-electron chi connectivity index (χ2n) is 12.0. The fourth-order valence-corrected chi connectivity index (χ4v) is 4.77. The highest BCUT2D eigenvalue weighted by molar-refractivity contribution is 5.97. The summed E-state index contributed by atoms with van der Waals surface area (Å²) in [6.07, 6.45) is 6.33. The number of unbranched alkanes of at least 4 members (excludes halogenated alkanes) is 5. The van der Waals surface area contributed by atoms with E-state index in [1.807, 2.05) is 20.8 Å². The lowest BCUT2D eigenvalue weighted by atomic mass is 9.91. The van der Waals surface area contributed by atoms with Gasteiger partial charge in [0, 0.05) is 58.7 Å². The summed E-state index contributed by atoms with van der Waals surface area (Å²) in [4.78, 5) is 65.9. The third-order valence-corrected chi connectivity index (χ3v) is 7.08. The van der Waals surface area contributed by atoms with Gasteiger partial charge in [0.2, 0.25) is 29.5 Å². The van der Waals surface area contributed by atoms with Gasteiger partial charge in [-0.15, -0.1) is 0 Å². The first-order valence-electron chi connectivity index (χ1n) is 14.5. The summed E-state index contributed by atoms with van der Waals surface area (Å²) in [7, 11) is 0. The fourth-order valence-electron chi connectivity index (χ4n) is 4.77. The van der Waals surface area contributed by atoms with Gasteiger partial charge in [0.25, 0.3) is 0 Å². The summed E-state index contributed by atoms with van der Waals surface area (Å²) in [6.45, 7) is 9.45. The van der Waals surface area contributed by atoms with Crippen LogP contribution in [0.3, 0.4) is 0 Å². The normalized spacial score (nSPS) is 17.7. The van der Waals surface area contributed by atoms with E-state index in [1.54, 1.807) is 14.7 Å². The van der Waals surface area contributed by atoms with Crippen LogP contribution in [-0.4, -0.2) is 108 Å². The van der Waals surface area contributed by atoms with Crippen molar-refractivity contribution in [2.24, 2.45) is 5.41 Å². The molecule has 1 atom stereocenters. The molecule has 2 saturated heterocycles. The standard InChI is InChI=1S/C28H49N5O6/c1-28(2,3)19-26(38)32-16-14-31(15-17-32)25(37)18-24(36)29-12-9-7-5-4-6-8-10-23(35)30-20-27(39)33-13-11-22(34)21-33/h22,34H,4-21H2,1-3H3,(H,29,36)(H,30,35)/t22-/m1/s1. The maximum absolute atomic E-state index is 12.4. The summed E-state index contributed by atoms with van der Waals surface area (Å²) in [6, 6.07) is 0. The van der Waals surface area contributed by atoms with E-state index in [1.165, 1.54) is 0 Å². The molecule has 0 aliphatic carbocycles. The fraction of sp³-hybridized carbons (Fsp3) is 0.821. The van der Waals surface area contributed by atoms with E-state index in [-0.39, 0.29) is 47.9 Å². The molecule has 0 saturated carbocycles. The molecular weight excluding hydrogens is 502 g/mol. The van der Waals surface area contributed by atoms with Crippen LogP contribution in [0.2, 0.25) is 0 Å². The quantitative estimate of drug-likeness (QED) is 0.218. The number of carbonyl (C=O) groups is 5. The van der Waals surface area contributed by atoms with Crippen molar-refractivity contribution in [1.82, 2.24) is 25.3 Å². The highest BCUT2D eigenvalue weighted by Gasteiger charge is 2.27. The van der Waals surface area contributed by atoms with Crippen LogP contribution < -0.4 is 10.6 Å². The lowest BCUT2D eigenvalue weighted by Crippen LogP contribution is -2.51. The van der Waals surface area contributed by atoms with Crippen LogP contribution >= 0.6 is 0 Å². The second kappa shape index (κ2) is 16.4. The van der Waals surface area contributed by atoms with Gasteiger partial charge >= 0.3 is 0 Å². The van der Waals surface area contributed by atoms with Crippen molar-refractivity contribution in [3.05, 3.63) is 0 Å². The first-order chi connectivity index (χ1) is 18.4. The molecule has 11 heteroatoms. The average molecular weight is 552 g/mol. The number of likely N-dealkylation sites (tertiary alicyclic amines) is 1. The van der Waals surface area contributed by atoms with Crippen molar-refractivity contribution in [1.29, 1.82) is 0 Å². The number of carbonyl (C=O) groups excluding carboxylic acids is 5. The summed E-state index contributed by atoms with van der Waals surface area (Å²) >= 11 is 0. The van der Waals surface area contributed by atoms with Gasteiger partial charge in [-0.2, -0.15) is 0 Å². The van der Waals surface area contributed by atoms with Gasteiger partial charge < -0.3 is 30.4 Å². The van der Waals surface area contributed by atoms with E-state index in [4.69, 9.17) is 0 Å². The maximum atomic E-state index is 12.4. The largest absolute Gasteiger partial charge is 0.391 e. The minimum absolute atomic E-state index is 0.0157. The van der Waals surface area contributed by atoms with Gasteiger partial charge in [-0.1, -0.05) is 46.5 Å². The topological polar surface area (TPSA) is 139 Å². The van der Waals surface area contributed by atoms with Gasteiger partial charge in [-0.3, -0.25) is 24.0 Å². The molecule has 3 N–H and O–H groups in total. The van der Waals surface area contributed by atoms with Gasteiger partial charge in [0.15, 0.2) is 0 Å². The predicted octanol–water partition coefficient (Wildman–Crippen LogP) is 1.04. The van der Waals surface area contributed by atoms with Crippen molar-refractivity contribution >= 4 is 29.5 Å². The van der Waals surface area contributed by atoms with E-state index >= 15 is 0 Å². The third-order valence-electron chi connectivity index (χ3n) is 7.08. The molecule has 0 aromatic rings. The number of β-amino-alcohol motifs (C(OH)–C–C–N with tert-alkyl or cyclic N) is 1. The second-order valence-corrected chi connectivity index (χ2v) is 12.0. The Morgan fingerprint density at radius 1 is 0.718 bits per heavy atom. The zero-order chi connectivity index (χ0) is 28.8. The molecule has 0 aromatic carbocycles. The molecule has 2 aliphatic heterocycles. The number of hydrogen-bond acceptors (Lipinski definition) is 6. The minimum Gasteiger partial charge on any atom is -0.391 e. The predicted molar refractivity (Wildman–Crippen MR) is 147 cm³/mol. The van der Waals surface area contributed by atoms with Crippen LogP contribution in [-0.2, 0) is 24.0 Å². The van der Waals surface area contributed by atoms with Crippen molar-refractivity contribution in [3.8, 4) is 0 Å². The van der Waals surface area contributed by atoms with Gasteiger partial charge in [0.05, 0.1) is 12.6 Å². The van der Waals surface area contributed by atoms with Crippen LogP contribution in [0.5, 0.6) is 0 Å². The van der Waals surface area contributed by atoms with Gasteiger partial charge in [0.1, 0.15) is 6.42 Å². The molecule has 5 amide bonds. The van der Waals surface area contributed by atoms with Gasteiger partial charge in [-0.05, 0) is 24.7 Å². The Morgan fingerprint density at radius 2 is 1.31 bits per heavy atom. The van der Waals surface area contributed by atoms with Crippen LogP contribution in [0.25, 0.3) is 0 Å². The average Bonchev–Trinajstić information content (AvgIpc) is 3.31. The third kappa shape index (κ3) is 13.3. The molecule has 0 radical (unpaired) electrons. The number of hydrogen-bond donors (Lipinski definition) is 3. The van der Waals surface area contributed by atoms with E-state index in [9.17, 15) is 29.1 Å². The van der Waals surface area contributed by atoms with E-state index in [0.29, 0.717) is 65.1 Å². The monoisotopic (exact) mass is 551 g/mol. The van der Waals surface area contributed by atoms with Crippen LogP contribution in [0.1, 0.15) is 85.0 Å². The molecule has 2 aliphatic rings. The number of nitrogens with one attached hydrogen (secondary N) is 2. The Balaban J connectivity index is 1.42. The number of nitrogens with zero attached hydrogens (tertiary/aromatic N) is 3. The van der Waals surface area contributed by atoms with E-state index in [2.05, 4.69) is 10.6 Å². The molecule has 2 fully saturated rings. The van der Waals surface area contributed by atoms with Crippen molar-refractivity contribution < 1.29 is 29.1 Å². The Bertz CT molecular complexity index is 835. The van der Waals surface area contributed by atoms with Crippen LogP contribution in [0, 0.1) is 5.41 Å². The Morgan fingerprint density at radius 3 is 1.90 bits per heavy atom. The maximum Gasteiger partial charge on any atom is 0.242 e. The summed E-state index contributed by atoms with van der Waals surface area (Å²) in [5.41, 5.74) is -0.0656.